The van der Waals surface area contributed by atoms with Gasteiger partial charge in [-0.25, -0.2) is 0 Å². The average Bonchev–Trinajstić information content (AvgIpc) is 3.12. The molecule has 5 heteroatoms. The summed E-state index contributed by atoms with van der Waals surface area (Å²) in [5.41, 5.74) is 2.50. The third kappa shape index (κ3) is 3.91. The molecule has 0 radical (unpaired) electrons. The lowest BCUT2D eigenvalue weighted by atomic mass is 9.98. The Balaban J connectivity index is 1.60. The molecule has 1 amide bonds. The van der Waals surface area contributed by atoms with Crippen LogP contribution in [0.4, 0.5) is 0 Å². The van der Waals surface area contributed by atoms with Crippen LogP contribution in [-0.2, 0) is 6.54 Å². The smallest absolute Gasteiger partial charge is 0.291 e. The predicted molar refractivity (Wildman–Crippen MR) is 127 cm³/mol. The fraction of sp³-hybridized carbons (Fsp3) is 0.214. The summed E-state index contributed by atoms with van der Waals surface area (Å²) in [5.74, 6) is 0.629. The van der Waals surface area contributed by atoms with Crippen molar-refractivity contribution in [1.29, 1.82) is 0 Å². The number of nitrogens with zero attached hydrogens (tertiary/aromatic N) is 1. The van der Waals surface area contributed by atoms with E-state index in [2.05, 4.69) is 6.92 Å². The highest BCUT2D eigenvalue weighted by Crippen LogP contribution is 2.39. The van der Waals surface area contributed by atoms with Crippen LogP contribution >= 0.6 is 0 Å². The summed E-state index contributed by atoms with van der Waals surface area (Å²) in [6.45, 7) is 3.16. The molecule has 1 aromatic heterocycles. The van der Waals surface area contributed by atoms with E-state index in [1.165, 1.54) is 0 Å². The van der Waals surface area contributed by atoms with Gasteiger partial charge in [-0.3, -0.25) is 9.59 Å². The van der Waals surface area contributed by atoms with Crippen LogP contribution in [0.3, 0.4) is 0 Å². The lowest BCUT2D eigenvalue weighted by Gasteiger charge is -2.25. The maximum absolute atomic E-state index is 13.5. The molecule has 2 heterocycles. The summed E-state index contributed by atoms with van der Waals surface area (Å²) in [4.78, 5) is 28.7. The molecular formula is C28H25NO4. The Hall–Kier alpha value is -3.86. The van der Waals surface area contributed by atoms with Gasteiger partial charge in [-0.1, -0.05) is 67.9 Å². The monoisotopic (exact) mass is 439 g/mol. The zero-order valence-electron chi connectivity index (χ0n) is 18.5. The van der Waals surface area contributed by atoms with E-state index in [1.807, 2.05) is 60.7 Å². The fourth-order valence-electron chi connectivity index (χ4n) is 4.34. The van der Waals surface area contributed by atoms with Crippen molar-refractivity contribution in [3.05, 3.63) is 112 Å². The van der Waals surface area contributed by atoms with Gasteiger partial charge in [0.25, 0.3) is 5.91 Å². The van der Waals surface area contributed by atoms with Crippen molar-refractivity contribution in [3.8, 4) is 5.75 Å². The summed E-state index contributed by atoms with van der Waals surface area (Å²) in [6.07, 6.45) is 2.06. The molecular weight excluding hydrogens is 414 g/mol. The molecule has 1 aliphatic rings. The van der Waals surface area contributed by atoms with E-state index >= 15 is 0 Å². The number of amides is 1. The highest BCUT2D eigenvalue weighted by atomic mass is 16.5. The number of carbonyl (C=O) groups is 1. The van der Waals surface area contributed by atoms with E-state index < -0.39 is 6.04 Å². The third-order valence-corrected chi connectivity index (χ3v) is 6.03. The molecule has 0 saturated carbocycles. The Morgan fingerprint density at radius 1 is 0.909 bits per heavy atom. The van der Waals surface area contributed by atoms with E-state index in [0.717, 1.165) is 29.7 Å². The van der Waals surface area contributed by atoms with Crippen molar-refractivity contribution in [2.45, 2.75) is 32.4 Å². The average molecular weight is 440 g/mol. The third-order valence-electron chi connectivity index (χ3n) is 6.03. The van der Waals surface area contributed by atoms with Crippen molar-refractivity contribution in [1.82, 2.24) is 4.90 Å². The van der Waals surface area contributed by atoms with Gasteiger partial charge in [0.05, 0.1) is 23.6 Å². The lowest BCUT2D eigenvalue weighted by Crippen LogP contribution is -2.29. The minimum atomic E-state index is -0.529. The summed E-state index contributed by atoms with van der Waals surface area (Å²) in [7, 11) is 0. The molecule has 5 nitrogen and oxygen atoms in total. The second kappa shape index (κ2) is 8.94. The van der Waals surface area contributed by atoms with Crippen LogP contribution in [0.5, 0.6) is 5.75 Å². The molecule has 1 aliphatic heterocycles. The van der Waals surface area contributed by atoms with Gasteiger partial charge in [0.15, 0.2) is 5.43 Å². The molecule has 1 atom stereocenters. The second-order valence-electron chi connectivity index (χ2n) is 8.26. The molecule has 166 valence electrons. The zero-order valence-corrected chi connectivity index (χ0v) is 18.5. The van der Waals surface area contributed by atoms with Crippen molar-refractivity contribution in [2.24, 2.45) is 0 Å². The lowest BCUT2D eigenvalue weighted by molar-refractivity contribution is 0.0714. The van der Waals surface area contributed by atoms with E-state index in [0.29, 0.717) is 29.7 Å². The van der Waals surface area contributed by atoms with E-state index in [9.17, 15) is 9.59 Å². The Kier molecular flexibility index (Phi) is 5.69. The summed E-state index contributed by atoms with van der Waals surface area (Å²) in [5, 5.41) is 0.482. The normalized spacial score (nSPS) is 15.1. The van der Waals surface area contributed by atoms with Crippen molar-refractivity contribution >= 4 is 16.9 Å². The summed E-state index contributed by atoms with van der Waals surface area (Å²) < 4.78 is 11.8. The Morgan fingerprint density at radius 2 is 1.64 bits per heavy atom. The molecule has 33 heavy (non-hydrogen) atoms. The van der Waals surface area contributed by atoms with E-state index in [4.69, 9.17) is 9.15 Å². The Bertz CT molecular complexity index is 1340. The van der Waals surface area contributed by atoms with Crippen LogP contribution in [0.1, 0.15) is 53.1 Å². The first-order valence-corrected chi connectivity index (χ1v) is 11.3. The number of ether oxygens (including phenoxy) is 1. The van der Waals surface area contributed by atoms with E-state index in [1.54, 1.807) is 23.1 Å². The molecule has 1 unspecified atom stereocenters. The number of hydrogen-bond acceptors (Lipinski definition) is 4. The van der Waals surface area contributed by atoms with Crippen LogP contribution in [0.15, 0.2) is 88.1 Å². The number of rotatable bonds is 7. The Labute approximate surface area is 192 Å². The predicted octanol–water partition coefficient (Wildman–Crippen LogP) is 5.72. The number of fused-ring (bicyclic) bond motifs is 2. The highest BCUT2D eigenvalue weighted by Gasteiger charge is 2.42. The standard InChI is InChI=1S/C28H25NO4/c1-2-3-17-32-21-15-13-20(14-16-21)25-24-26(30)22-11-7-8-12-23(22)33-27(24)28(31)29(25)18-19-9-5-4-6-10-19/h4-16,25H,2-3,17-18H2,1H3. The molecule has 0 bridgehead atoms. The first kappa shape index (κ1) is 21.0. The SMILES string of the molecule is CCCCOc1ccc(C2c3c(oc4ccccc4c3=O)C(=O)N2Cc2ccccc2)cc1. The van der Waals surface area contributed by atoms with Gasteiger partial charge in [-0.05, 0) is 41.8 Å². The van der Waals surface area contributed by atoms with Gasteiger partial charge in [0, 0.05) is 6.54 Å². The van der Waals surface area contributed by atoms with Crippen LogP contribution in [0, 0.1) is 0 Å². The number of unbranched alkanes of at least 4 members (excludes halogenated alkanes) is 1. The van der Waals surface area contributed by atoms with Crippen LogP contribution in [-0.4, -0.2) is 17.4 Å². The minimum Gasteiger partial charge on any atom is -0.494 e. The minimum absolute atomic E-state index is 0.128. The molecule has 0 saturated heterocycles. The van der Waals surface area contributed by atoms with Crippen molar-refractivity contribution in [3.63, 3.8) is 0 Å². The van der Waals surface area contributed by atoms with Gasteiger partial charge in [-0.15, -0.1) is 0 Å². The molecule has 0 fully saturated rings. The molecule has 3 aromatic carbocycles. The van der Waals surface area contributed by atoms with E-state index in [-0.39, 0.29) is 17.1 Å². The van der Waals surface area contributed by atoms with Gasteiger partial charge in [0.2, 0.25) is 5.76 Å². The van der Waals surface area contributed by atoms with Gasteiger partial charge < -0.3 is 14.1 Å². The van der Waals surface area contributed by atoms with Crippen LogP contribution in [0.2, 0.25) is 0 Å². The number of carbonyl (C=O) groups excluding carboxylic acids is 1. The number of benzene rings is 3. The zero-order chi connectivity index (χ0) is 22.8. The van der Waals surface area contributed by atoms with Gasteiger partial charge in [0.1, 0.15) is 11.3 Å². The van der Waals surface area contributed by atoms with Crippen LogP contribution in [0.25, 0.3) is 11.0 Å². The summed E-state index contributed by atoms with van der Waals surface area (Å²) >= 11 is 0. The molecule has 0 N–H and O–H groups in total. The number of hydrogen-bond donors (Lipinski definition) is 0. The maximum atomic E-state index is 13.5. The first-order chi connectivity index (χ1) is 16.2. The Morgan fingerprint density at radius 3 is 2.39 bits per heavy atom. The van der Waals surface area contributed by atoms with Crippen molar-refractivity contribution < 1.29 is 13.9 Å². The molecule has 0 spiro atoms. The molecule has 0 aliphatic carbocycles. The maximum Gasteiger partial charge on any atom is 0.291 e. The number of para-hydroxylation sites is 1. The second-order valence-corrected chi connectivity index (χ2v) is 8.26. The first-order valence-electron chi connectivity index (χ1n) is 11.3. The van der Waals surface area contributed by atoms with Gasteiger partial charge in [-0.2, -0.15) is 0 Å². The topological polar surface area (TPSA) is 59.8 Å². The molecule has 4 aromatic rings. The van der Waals surface area contributed by atoms with Crippen LogP contribution < -0.4 is 10.2 Å². The summed E-state index contributed by atoms with van der Waals surface area (Å²) in [6, 6.07) is 24.0. The van der Waals surface area contributed by atoms with Crippen molar-refractivity contribution in [2.75, 3.05) is 6.61 Å². The highest BCUT2D eigenvalue weighted by molar-refractivity contribution is 5.99. The fourth-order valence-corrected chi connectivity index (χ4v) is 4.34. The van der Waals surface area contributed by atoms with Gasteiger partial charge >= 0.3 is 0 Å². The largest absolute Gasteiger partial charge is 0.494 e. The quantitative estimate of drug-likeness (QED) is 0.346. The molecule has 5 rings (SSSR count).